The fourth-order valence-electron chi connectivity index (χ4n) is 2.57. The zero-order valence-electron chi connectivity index (χ0n) is 10.9. The van der Waals surface area contributed by atoms with Crippen LogP contribution in [0.4, 0.5) is 0 Å². The molecule has 2 N–H and O–H groups in total. The highest BCUT2D eigenvalue weighted by Crippen LogP contribution is 2.28. The van der Waals surface area contributed by atoms with Crippen molar-refractivity contribution in [2.24, 2.45) is 5.92 Å². The molecule has 1 saturated heterocycles. The van der Waals surface area contributed by atoms with Gasteiger partial charge in [0.15, 0.2) is 0 Å². The Labute approximate surface area is 104 Å². The molecular formula is C15H23NO. The third kappa shape index (κ3) is 2.88. The molecule has 2 unspecified atom stereocenters. The summed E-state index contributed by atoms with van der Waals surface area (Å²) in [7, 11) is 0. The molecule has 94 valence electrons. The quantitative estimate of drug-likeness (QED) is 0.838. The first-order chi connectivity index (χ1) is 8.14. The largest absolute Gasteiger partial charge is 0.389 e. The number of aryl methyl sites for hydroxylation is 1. The van der Waals surface area contributed by atoms with E-state index in [-0.39, 0.29) is 0 Å². The van der Waals surface area contributed by atoms with Crippen LogP contribution in [0.15, 0.2) is 24.3 Å². The lowest BCUT2D eigenvalue weighted by Crippen LogP contribution is -2.50. The van der Waals surface area contributed by atoms with Crippen molar-refractivity contribution in [2.75, 3.05) is 13.1 Å². The summed E-state index contributed by atoms with van der Waals surface area (Å²) in [4.78, 5) is 0. The molecule has 2 atom stereocenters. The maximum absolute atomic E-state index is 10.7. The lowest BCUT2D eigenvalue weighted by atomic mass is 9.78. The molecule has 0 aromatic heterocycles. The predicted octanol–water partition coefficient (Wildman–Crippen LogP) is 2.15. The number of hydrogen-bond donors (Lipinski definition) is 2. The van der Waals surface area contributed by atoms with E-state index in [4.69, 9.17) is 0 Å². The first kappa shape index (κ1) is 12.6. The van der Waals surface area contributed by atoms with Crippen LogP contribution in [-0.4, -0.2) is 23.8 Å². The van der Waals surface area contributed by atoms with Crippen molar-refractivity contribution in [3.8, 4) is 0 Å². The van der Waals surface area contributed by atoms with Crippen molar-refractivity contribution >= 4 is 0 Å². The Bertz CT molecular complexity index is 360. The van der Waals surface area contributed by atoms with Gasteiger partial charge in [0.05, 0.1) is 5.60 Å². The Morgan fingerprint density at radius 2 is 1.94 bits per heavy atom. The van der Waals surface area contributed by atoms with Crippen LogP contribution in [0.3, 0.4) is 0 Å². The summed E-state index contributed by atoms with van der Waals surface area (Å²) in [6.45, 7) is 6.14. The minimum absolute atomic E-state index is 0.321. The van der Waals surface area contributed by atoms with E-state index in [1.807, 2.05) is 0 Å². The molecule has 0 spiro atoms. The summed E-state index contributed by atoms with van der Waals surface area (Å²) in [6, 6.07) is 8.66. The number of piperidine rings is 1. The van der Waals surface area contributed by atoms with E-state index in [2.05, 4.69) is 43.4 Å². The SMILES string of the molecule is CCc1ccc(CC2(O)CCNCC2C)cc1. The first-order valence-corrected chi connectivity index (χ1v) is 6.65. The molecule has 1 heterocycles. The van der Waals surface area contributed by atoms with Gasteiger partial charge in [-0.05, 0) is 36.4 Å². The second-order valence-electron chi connectivity index (χ2n) is 5.31. The van der Waals surface area contributed by atoms with Crippen LogP contribution >= 0.6 is 0 Å². The molecule has 0 amide bonds. The van der Waals surface area contributed by atoms with Crippen molar-refractivity contribution in [3.05, 3.63) is 35.4 Å². The monoisotopic (exact) mass is 233 g/mol. The second kappa shape index (κ2) is 5.19. The highest BCUT2D eigenvalue weighted by molar-refractivity contribution is 5.24. The van der Waals surface area contributed by atoms with Crippen LogP contribution in [0.1, 0.15) is 31.4 Å². The Balaban J connectivity index is 2.07. The highest BCUT2D eigenvalue weighted by Gasteiger charge is 2.35. The highest BCUT2D eigenvalue weighted by atomic mass is 16.3. The van der Waals surface area contributed by atoms with E-state index < -0.39 is 5.60 Å². The Kier molecular flexibility index (Phi) is 3.85. The predicted molar refractivity (Wildman–Crippen MR) is 71.1 cm³/mol. The number of aliphatic hydroxyl groups is 1. The van der Waals surface area contributed by atoms with Crippen LogP contribution in [0.2, 0.25) is 0 Å². The standard InChI is InChI=1S/C15H23NO/c1-3-13-4-6-14(7-5-13)10-15(17)8-9-16-11-12(15)2/h4-7,12,16-17H,3,8-11H2,1-2H3. The molecule has 0 saturated carbocycles. The summed E-state index contributed by atoms with van der Waals surface area (Å²) >= 11 is 0. The molecule has 1 aliphatic heterocycles. The molecule has 0 radical (unpaired) electrons. The van der Waals surface area contributed by atoms with Gasteiger partial charge in [0.2, 0.25) is 0 Å². The van der Waals surface area contributed by atoms with Gasteiger partial charge in [-0.1, -0.05) is 38.1 Å². The van der Waals surface area contributed by atoms with Crippen molar-refractivity contribution in [1.82, 2.24) is 5.32 Å². The minimum Gasteiger partial charge on any atom is -0.389 e. The molecule has 1 aromatic rings. The average Bonchev–Trinajstić information content (AvgIpc) is 2.34. The summed E-state index contributed by atoms with van der Waals surface area (Å²) in [5.41, 5.74) is 2.08. The van der Waals surface area contributed by atoms with Crippen LogP contribution < -0.4 is 5.32 Å². The average molecular weight is 233 g/mol. The van der Waals surface area contributed by atoms with Gasteiger partial charge < -0.3 is 10.4 Å². The number of nitrogens with one attached hydrogen (secondary N) is 1. The smallest absolute Gasteiger partial charge is 0.0737 e. The van der Waals surface area contributed by atoms with Gasteiger partial charge in [-0.25, -0.2) is 0 Å². The molecule has 0 aliphatic carbocycles. The van der Waals surface area contributed by atoms with Crippen LogP contribution in [-0.2, 0) is 12.8 Å². The van der Waals surface area contributed by atoms with Crippen LogP contribution in [0.25, 0.3) is 0 Å². The maximum Gasteiger partial charge on any atom is 0.0737 e. The van der Waals surface area contributed by atoms with Crippen molar-refractivity contribution in [1.29, 1.82) is 0 Å². The van der Waals surface area contributed by atoms with E-state index in [9.17, 15) is 5.11 Å². The fraction of sp³-hybridized carbons (Fsp3) is 0.600. The van der Waals surface area contributed by atoms with Crippen LogP contribution in [0.5, 0.6) is 0 Å². The van der Waals surface area contributed by atoms with Gasteiger partial charge in [-0.2, -0.15) is 0 Å². The van der Waals surface area contributed by atoms with Crippen molar-refractivity contribution < 1.29 is 5.11 Å². The van der Waals surface area contributed by atoms with E-state index in [0.29, 0.717) is 5.92 Å². The topological polar surface area (TPSA) is 32.3 Å². The second-order valence-corrected chi connectivity index (χ2v) is 5.31. The molecule has 2 nitrogen and oxygen atoms in total. The van der Waals surface area contributed by atoms with Gasteiger partial charge in [0, 0.05) is 13.0 Å². The maximum atomic E-state index is 10.7. The Morgan fingerprint density at radius 3 is 2.53 bits per heavy atom. The van der Waals surface area contributed by atoms with Gasteiger partial charge in [0.1, 0.15) is 0 Å². The van der Waals surface area contributed by atoms with Crippen LogP contribution in [0, 0.1) is 5.92 Å². The van der Waals surface area contributed by atoms with E-state index in [0.717, 1.165) is 32.4 Å². The molecular weight excluding hydrogens is 210 g/mol. The fourth-order valence-corrected chi connectivity index (χ4v) is 2.57. The van der Waals surface area contributed by atoms with Gasteiger partial charge in [0.25, 0.3) is 0 Å². The van der Waals surface area contributed by atoms with Gasteiger partial charge in [-0.3, -0.25) is 0 Å². The summed E-state index contributed by atoms with van der Waals surface area (Å²) in [5.74, 6) is 0.321. The molecule has 2 rings (SSSR count). The lowest BCUT2D eigenvalue weighted by molar-refractivity contribution is -0.0329. The van der Waals surface area contributed by atoms with Gasteiger partial charge in [-0.15, -0.1) is 0 Å². The molecule has 0 bridgehead atoms. The first-order valence-electron chi connectivity index (χ1n) is 6.65. The molecule has 1 aliphatic rings. The number of benzene rings is 1. The normalized spacial score (nSPS) is 29.2. The van der Waals surface area contributed by atoms with E-state index >= 15 is 0 Å². The molecule has 17 heavy (non-hydrogen) atoms. The zero-order chi connectivity index (χ0) is 12.3. The van der Waals surface area contributed by atoms with E-state index in [1.165, 1.54) is 11.1 Å². The lowest BCUT2D eigenvalue weighted by Gasteiger charge is -2.38. The third-order valence-electron chi connectivity index (χ3n) is 4.04. The number of rotatable bonds is 3. The zero-order valence-corrected chi connectivity index (χ0v) is 10.9. The summed E-state index contributed by atoms with van der Waals surface area (Å²) < 4.78 is 0. The van der Waals surface area contributed by atoms with Gasteiger partial charge >= 0.3 is 0 Å². The van der Waals surface area contributed by atoms with E-state index in [1.54, 1.807) is 0 Å². The molecule has 1 aromatic carbocycles. The number of hydrogen-bond acceptors (Lipinski definition) is 2. The van der Waals surface area contributed by atoms with Crippen molar-refractivity contribution in [3.63, 3.8) is 0 Å². The molecule has 2 heteroatoms. The minimum atomic E-state index is -0.529. The summed E-state index contributed by atoms with van der Waals surface area (Å²) in [6.07, 6.45) is 2.70. The Hall–Kier alpha value is -0.860. The third-order valence-corrected chi connectivity index (χ3v) is 4.04. The Morgan fingerprint density at radius 1 is 1.29 bits per heavy atom. The van der Waals surface area contributed by atoms with Crippen molar-refractivity contribution in [2.45, 2.75) is 38.7 Å². The molecule has 1 fully saturated rings. The summed E-state index contributed by atoms with van der Waals surface area (Å²) in [5, 5.41) is 14.0.